The van der Waals surface area contributed by atoms with E-state index in [1.54, 1.807) is 23.1 Å². The van der Waals surface area contributed by atoms with E-state index in [2.05, 4.69) is 0 Å². The molecule has 0 saturated carbocycles. The first-order valence-corrected chi connectivity index (χ1v) is 8.76. The highest BCUT2D eigenvalue weighted by Crippen LogP contribution is 2.12. The van der Waals surface area contributed by atoms with Gasteiger partial charge in [-0.15, -0.1) is 0 Å². The number of amides is 1. The van der Waals surface area contributed by atoms with Crippen LogP contribution in [0.1, 0.15) is 5.56 Å². The van der Waals surface area contributed by atoms with Crippen LogP contribution < -0.4 is 0 Å². The number of carbonyl (C=O) groups excluding carboxylic acids is 1. The summed E-state index contributed by atoms with van der Waals surface area (Å²) in [6, 6.07) is 7.21. The van der Waals surface area contributed by atoms with Crippen molar-refractivity contribution in [3.63, 3.8) is 0 Å². The van der Waals surface area contributed by atoms with Crippen LogP contribution in [0, 0.1) is 0 Å². The molecule has 1 aromatic rings. The fourth-order valence-corrected chi connectivity index (χ4v) is 3.15. The molecule has 0 unspecified atom stereocenters. The molecule has 1 heterocycles. The zero-order valence-electron chi connectivity index (χ0n) is 11.7. The van der Waals surface area contributed by atoms with Crippen LogP contribution in [-0.4, -0.2) is 56.0 Å². The molecule has 0 radical (unpaired) electrons. The van der Waals surface area contributed by atoms with Crippen molar-refractivity contribution in [3.8, 4) is 0 Å². The molecule has 1 amide bonds. The third-order valence-electron chi connectivity index (χ3n) is 3.29. The summed E-state index contributed by atoms with van der Waals surface area (Å²) in [6.07, 6.45) is 4.38. The van der Waals surface area contributed by atoms with Gasteiger partial charge in [-0.25, -0.2) is 8.42 Å². The topological polar surface area (TPSA) is 57.7 Å². The second kappa shape index (κ2) is 6.60. The van der Waals surface area contributed by atoms with Crippen LogP contribution in [0.5, 0.6) is 0 Å². The average Bonchev–Trinajstić information content (AvgIpc) is 2.44. The number of rotatable bonds is 3. The molecule has 114 valence electrons. The smallest absolute Gasteiger partial charge is 0.246 e. The highest BCUT2D eigenvalue weighted by molar-refractivity contribution is 7.88. The minimum Gasteiger partial charge on any atom is -0.337 e. The van der Waals surface area contributed by atoms with Gasteiger partial charge >= 0.3 is 0 Å². The van der Waals surface area contributed by atoms with Crippen LogP contribution in [-0.2, 0) is 14.8 Å². The molecule has 0 spiro atoms. The van der Waals surface area contributed by atoms with Crippen molar-refractivity contribution in [1.82, 2.24) is 9.21 Å². The zero-order chi connectivity index (χ0) is 15.5. The molecule has 0 atom stereocenters. The fourth-order valence-electron chi connectivity index (χ4n) is 2.12. The normalized spacial score (nSPS) is 17.3. The Bertz CT molecular complexity index is 650. The molecule has 0 aliphatic carbocycles. The lowest BCUT2D eigenvalue weighted by molar-refractivity contribution is -0.127. The van der Waals surface area contributed by atoms with E-state index in [0.717, 1.165) is 5.56 Å². The molecule has 5 nitrogen and oxygen atoms in total. The van der Waals surface area contributed by atoms with Gasteiger partial charge in [-0.2, -0.15) is 4.31 Å². The van der Waals surface area contributed by atoms with Crippen molar-refractivity contribution in [2.75, 3.05) is 32.4 Å². The molecule has 7 heteroatoms. The van der Waals surface area contributed by atoms with Crippen molar-refractivity contribution >= 4 is 33.6 Å². The van der Waals surface area contributed by atoms with E-state index >= 15 is 0 Å². The van der Waals surface area contributed by atoms with E-state index in [1.165, 1.54) is 16.6 Å². The van der Waals surface area contributed by atoms with E-state index in [0.29, 0.717) is 31.2 Å². The first kappa shape index (κ1) is 16.0. The van der Waals surface area contributed by atoms with Crippen molar-refractivity contribution in [1.29, 1.82) is 0 Å². The predicted octanol–water partition coefficient (Wildman–Crippen LogP) is 1.46. The fraction of sp³-hybridized carbons (Fsp3) is 0.357. The summed E-state index contributed by atoms with van der Waals surface area (Å²) >= 11 is 5.88. The van der Waals surface area contributed by atoms with Crippen molar-refractivity contribution < 1.29 is 13.2 Å². The lowest BCUT2D eigenvalue weighted by atomic mass is 10.2. The summed E-state index contributed by atoms with van der Waals surface area (Å²) in [4.78, 5) is 13.7. The van der Waals surface area contributed by atoms with Gasteiger partial charge in [0.25, 0.3) is 0 Å². The number of carbonyl (C=O) groups is 1. The highest BCUT2D eigenvalue weighted by Gasteiger charge is 2.24. The monoisotopic (exact) mass is 328 g/mol. The van der Waals surface area contributed by atoms with Gasteiger partial charge in [-0.05, 0) is 23.8 Å². The molecular weight excluding hydrogens is 312 g/mol. The van der Waals surface area contributed by atoms with Crippen molar-refractivity contribution in [3.05, 3.63) is 40.9 Å². The van der Waals surface area contributed by atoms with Crippen LogP contribution in [0.15, 0.2) is 30.3 Å². The first-order valence-electron chi connectivity index (χ1n) is 6.54. The number of benzene rings is 1. The lowest BCUT2D eigenvalue weighted by Crippen LogP contribution is -2.49. The van der Waals surface area contributed by atoms with E-state index < -0.39 is 10.0 Å². The Morgan fingerprint density at radius 3 is 2.48 bits per heavy atom. The van der Waals surface area contributed by atoms with Gasteiger partial charge < -0.3 is 4.90 Å². The Labute approximate surface area is 129 Å². The second-order valence-corrected chi connectivity index (χ2v) is 7.29. The minimum absolute atomic E-state index is 0.122. The molecule has 1 aliphatic rings. The molecule has 1 aliphatic heterocycles. The summed E-state index contributed by atoms with van der Waals surface area (Å²) < 4.78 is 24.2. The number of halogens is 1. The molecule has 2 rings (SSSR count). The summed E-state index contributed by atoms with van der Waals surface area (Å²) in [5.41, 5.74) is 0.852. The predicted molar refractivity (Wildman–Crippen MR) is 83.5 cm³/mol. The number of hydrogen-bond acceptors (Lipinski definition) is 3. The van der Waals surface area contributed by atoms with Crippen molar-refractivity contribution in [2.24, 2.45) is 0 Å². The van der Waals surface area contributed by atoms with Crippen LogP contribution in [0.3, 0.4) is 0 Å². The quantitative estimate of drug-likeness (QED) is 0.789. The van der Waals surface area contributed by atoms with Gasteiger partial charge in [0.05, 0.1) is 6.26 Å². The molecule has 21 heavy (non-hydrogen) atoms. The van der Waals surface area contributed by atoms with Gasteiger partial charge in [0.15, 0.2) is 0 Å². The summed E-state index contributed by atoms with van der Waals surface area (Å²) in [6.45, 7) is 1.50. The Kier molecular flexibility index (Phi) is 5.03. The average molecular weight is 329 g/mol. The number of piperazine rings is 1. The highest BCUT2D eigenvalue weighted by atomic mass is 35.5. The SMILES string of the molecule is CS(=O)(=O)N1CCN(C(=O)/C=C/c2cccc(Cl)c2)CC1. The molecule has 1 aromatic carbocycles. The minimum atomic E-state index is -3.17. The lowest BCUT2D eigenvalue weighted by Gasteiger charge is -2.32. The summed E-state index contributed by atoms with van der Waals surface area (Å²) in [5.74, 6) is -0.122. The number of nitrogens with zero attached hydrogens (tertiary/aromatic N) is 2. The van der Waals surface area contributed by atoms with Gasteiger partial charge in [-0.3, -0.25) is 4.79 Å². The van der Waals surface area contributed by atoms with Crippen LogP contribution >= 0.6 is 11.6 Å². The van der Waals surface area contributed by atoms with Gasteiger partial charge in [0, 0.05) is 37.3 Å². The Hall–Kier alpha value is -1.37. The van der Waals surface area contributed by atoms with Crippen LogP contribution in [0.2, 0.25) is 5.02 Å². The number of hydrogen-bond donors (Lipinski definition) is 0. The molecular formula is C14H17ClN2O3S. The van der Waals surface area contributed by atoms with E-state index in [-0.39, 0.29) is 5.91 Å². The Morgan fingerprint density at radius 2 is 1.90 bits per heavy atom. The third-order valence-corrected chi connectivity index (χ3v) is 4.82. The van der Waals surface area contributed by atoms with Gasteiger partial charge in [0.1, 0.15) is 0 Å². The molecule has 1 fully saturated rings. The third kappa shape index (κ3) is 4.56. The van der Waals surface area contributed by atoms with E-state index in [1.807, 2.05) is 12.1 Å². The van der Waals surface area contributed by atoms with Gasteiger partial charge in [-0.1, -0.05) is 23.7 Å². The molecule has 1 saturated heterocycles. The van der Waals surface area contributed by atoms with Crippen LogP contribution in [0.25, 0.3) is 6.08 Å². The van der Waals surface area contributed by atoms with E-state index in [9.17, 15) is 13.2 Å². The molecule has 0 N–H and O–H groups in total. The largest absolute Gasteiger partial charge is 0.337 e. The van der Waals surface area contributed by atoms with Crippen LogP contribution in [0.4, 0.5) is 0 Å². The Morgan fingerprint density at radius 1 is 1.24 bits per heavy atom. The number of sulfonamides is 1. The first-order chi connectivity index (χ1) is 9.86. The van der Waals surface area contributed by atoms with E-state index in [4.69, 9.17) is 11.6 Å². The second-order valence-electron chi connectivity index (χ2n) is 4.88. The zero-order valence-corrected chi connectivity index (χ0v) is 13.3. The van der Waals surface area contributed by atoms with Crippen molar-refractivity contribution in [2.45, 2.75) is 0 Å². The van der Waals surface area contributed by atoms with Gasteiger partial charge in [0.2, 0.25) is 15.9 Å². The maximum Gasteiger partial charge on any atom is 0.246 e. The molecule has 0 aromatic heterocycles. The maximum atomic E-state index is 12.1. The summed E-state index contributed by atoms with van der Waals surface area (Å²) in [7, 11) is -3.17. The maximum absolute atomic E-state index is 12.1. The Balaban J connectivity index is 1.93. The molecule has 0 bridgehead atoms. The standard InChI is InChI=1S/C14H17ClN2O3S/c1-21(19,20)17-9-7-16(8-10-17)14(18)6-5-12-3-2-4-13(15)11-12/h2-6,11H,7-10H2,1H3/b6-5+. The summed E-state index contributed by atoms with van der Waals surface area (Å²) in [5, 5.41) is 0.617.